The Kier molecular flexibility index (Phi) is 5.92. The van der Waals surface area contributed by atoms with E-state index in [0.717, 1.165) is 42.8 Å². The summed E-state index contributed by atoms with van der Waals surface area (Å²) in [6.45, 7) is 6.27. The van der Waals surface area contributed by atoms with Crippen molar-refractivity contribution in [3.63, 3.8) is 0 Å². The molecule has 30 heavy (non-hydrogen) atoms. The Bertz CT molecular complexity index is 923. The van der Waals surface area contributed by atoms with Gasteiger partial charge in [0, 0.05) is 24.5 Å². The number of hydrogen-bond donors (Lipinski definition) is 1. The van der Waals surface area contributed by atoms with Crippen LogP contribution in [-0.4, -0.2) is 46.1 Å². The zero-order valence-electron chi connectivity index (χ0n) is 17.8. The van der Waals surface area contributed by atoms with Crippen molar-refractivity contribution in [1.82, 2.24) is 19.8 Å². The lowest BCUT2D eigenvalue weighted by molar-refractivity contribution is -0.122. The molecule has 1 aromatic heterocycles. The molecule has 8 heteroatoms. The van der Waals surface area contributed by atoms with E-state index < -0.39 is 0 Å². The first-order valence-electron chi connectivity index (χ1n) is 10.5. The fourth-order valence-corrected chi connectivity index (χ4v) is 4.11. The molecule has 0 spiro atoms. The lowest BCUT2D eigenvalue weighted by Crippen LogP contribution is -2.40. The summed E-state index contributed by atoms with van der Waals surface area (Å²) in [5.41, 5.74) is 1.77. The smallest absolute Gasteiger partial charge is 0.249 e. The quantitative estimate of drug-likeness (QED) is 0.642. The summed E-state index contributed by atoms with van der Waals surface area (Å²) in [7, 11) is 1.65. The van der Waals surface area contributed by atoms with Crippen LogP contribution < -0.4 is 14.8 Å². The second-order valence-corrected chi connectivity index (χ2v) is 8.05. The topological polar surface area (TPSA) is 81.0 Å². The van der Waals surface area contributed by atoms with Crippen molar-refractivity contribution < 1.29 is 14.3 Å². The number of fused-ring (bicyclic) bond motifs is 2. The Balaban J connectivity index is 1.39. The second kappa shape index (κ2) is 8.77. The van der Waals surface area contributed by atoms with Crippen LogP contribution in [0.5, 0.6) is 11.5 Å². The number of unbranched alkanes of at least 4 members (excludes halogenated alkanes) is 2. The van der Waals surface area contributed by atoms with E-state index in [2.05, 4.69) is 19.9 Å². The number of carbonyl (C=O) groups excluding carboxylic acids is 1. The van der Waals surface area contributed by atoms with Gasteiger partial charge in [0.1, 0.15) is 6.04 Å². The van der Waals surface area contributed by atoms with Crippen molar-refractivity contribution in [2.24, 2.45) is 10.9 Å². The molecule has 0 bridgehead atoms. The molecule has 2 aliphatic rings. The summed E-state index contributed by atoms with van der Waals surface area (Å²) >= 11 is 0. The number of aromatic nitrogens is 2. The van der Waals surface area contributed by atoms with Crippen LogP contribution in [0.4, 0.5) is 5.69 Å². The largest absolute Gasteiger partial charge is 0.492 e. The fraction of sp³-hybridized carbons (Fsp3) is 0.500. The number of carbonyl (C=O) groups is 1. The summed E-state index contributed by atoms with van der Waals surface area (Å²) in [5, 5.41) is 2.90. The van der Waals surface area contributed by atoms with Crippen molar-refractivity contribution in [2.75, 3.05) is 13.7 Å². The normalized spacial score (nSPS) is 17.5. The minimum atomic E-state index is -0.221. The third kappa shape index (κ3) is 3.99. The first-order chi connectivity index (χ1) is 14.6. The Morgan fingerprint density at radius 1 is 1.27 bits per heavy atom. The van der Waals surface area contributed by atoms with E-state index in [0.29, 0.717) is 24.9 Å². The maximum Gasteiger partial charge on any atom is 0.249 e. The summed E-state index contributed by atoms with van der Waals surface area (Å²) in [4.78, 5) is 23.1. The summed E-state index contributed by atoms with van der Waals surface area (Å²) in [5.74, 6) is 2.24. The van der Waals surface area contributed by atoms with Crippen molar-refractivity contribution in [3.05, 3.63) is 36.4 Å². The Hall–Kier alpha value is -3.03. The number of rotatable bonds is 9. The van der Waals surface area contributed by atoms with Gasteiger partial charge in [0.25, 0.3) is 0 Å². The zero-order valence-corrected chi connectivity index (χ0v) is 17.8. The van der Waals surface area contributed by atoms with Gasteiger partial charge in [-0.3, -0.25) is 10.1 Å². The number of aliphatic imine (C=N–C) groups is 1. The molecular weight excluding hydrogens is 382 g/mol. The van der Waals surface area contributed by atoms with E-state index in [9.17, 15) is 4.79 Å². The number of hydrogen-bond acceptors (Lipinski definition) is 6. The molecule has 0 radical (unpaired) electrons. The number of methoxy groups -OCH3 is 1. The molecule has 3 heterocycles. The van der Waals surface area contributed by atoms with Crippen molar-refractivity contribution in [3.8, 4) is 11.5 Å². The van der Waals surface area contributed by atoms with Crippen molar-refractivity contribution in [1.29, 1.82) is 0 Å². The molecule has 2 aromatic rings. The van der Waals surface area contributed by atoms with Crippen molar-refractivity contribution in [2.45, 2.75) is 52.2 Å². The van der Waals surface area contributed by atoms with Crippen LogP contribution in [0.1, 0.15) is 38.7 Å². The highest BCUT2D eigenvalue weighted by atomic mass is 16.5. The van der Waals surface area contributed by atoms with Crippen LogP contribution in [-0.2, 0) is 17.9 Å². The van der Waals surface area contributed by atoms with Gasteiger partial charge in [-0.2, -0.15) is 0 Å². The summed E-state index contributed by atoms with van der Waals surface area (Å²) < 4.78 is 13.8. The van der Waals surface area contributed by atoms with Gasteiger partial charge in [0.15, 0.2) is 11.5 Å². The van der Waals surface area contributed by atoms with Gasteiger partial charge in [-0.15, -0.1) is 0 Å². The number of nitrogens with zero attached hydrogens (tertiary/aromatic N) is 4. The van der Waals surface area contributed by atoms with E-state index in [1.807, 2.05) is 43.4 Å². The molecule has 1 unspecified atom stereocenters. The monoisotopic (exact) mass is 411 g/mol. The molecule has 0 aliphatic carbocycles. The number of aryl methyl sites for hydroxylation is 1. The van der Waals surface area contributed by atoms with E-state index in [1.165, 1.54) is 0 Å². The predicted octanol–water partition coefficient (Wildman–Crippen LogP) is 3.10. The third-order valence-corrected chi connectivity index (χ3v) is 5.58. The zero-order chi connectivity index (χ0) is 21.1. The number of imidazole rings is 1. The lowest BCUT2D eigenvalue weighted by atomic mass is 10.0. The minimum absolute atomic E-state index is 0.00249. The molecule has 1 saturated heterocycles. The average molecular weight is 412 g/mol. The summed E-state index contributed by atoms with van der Waals surface area (Å²) in [6, 6.07) is 3.62. The van der Waals surface area contributed by atoms with Gasteiger partial charge in [-0.25, -0.2) is 9.98 Å². The highest BCUT2D eigenvalue weighted by Crippen LogP contribution is 2.42. The fourth-order valence-electron chi connectivity index (χ4n) is 4.11. The van der Waals surface area contributed by atoms with Crippen LogP contribution in [0.2, 0.25) is 0 Å². The number of guanidine groups is 1. The standard InChI is InChI=1S/C22H29N5O3/c1-15(2)19-21(28)25-22-24-17-7-8-18(20(29-3)16(17)13-27(19)22)30-12-6-4-5-10-26-11-9-23-14-26/h7-9,11,14-15,19H,4-6,10,12-13H2,1-3H3,(H,24,25,28). The van der Waals surface area contributed by atoms with Crippen LogP contribution in [0.25, 0.3) is 0 Å². The van der Waals surface area contributed by atoms with Crippen LogP contribution in [0.15, 0.2) is 35.8 Å². The van der Waals surface area contributed by atoms with Gasteiger partial charge in [0.05, 0.1) is 32.3 Å². The van der Waals surface area contributed by atoms with Gasteiger partial charge < -0.3 is 18.9 Å². The maximum absolute atomic E-state index is 12.4. The van der Waals surface area contributed by atoms with Crippen molar-refractivity contribution >= 4 is 17.6 Å². The number of ether oxygens (including phenoxy) is 2. The van der Waals surface area contributed by atoms with Crippen LogP contribution >= 0.6 is 0 Å². The van der Waals surface area contributed by atoms with Gasteiger partial charge in [-0.1, -0.05) is 13.8 Å². The number of amides is 1. The minimum Gasteiger partial charge on any atom is -0.492 e. The summed E-state index contributed by atoms with van der Waals surface area (Å²) in [6.07, 6.45) is 8.76. The Morgan fingerprint density at radius 3 is 2.87 bits per heavy atom. The molecule has 2 aliphatic heterocycles. The molecule has 4 rings (SSSR count). The molecular formula is C22H29N5O3. The first kappa shape index (κ1) is 20.3. The second-order valence-electron chi connectivity index (χ2n) is 8.05. The predicted molar refractivity (Wildman–Crippen MR) is 114 cm³/mol. The third-order valence-electron chi connectivity index (χ3n) is 5.58. The molecule has 160 valence electrons. The SMILES string of the molecule is COc1c(OCCCCCn2ccnc2)ccc2c1CN1C(=N2)NC(=O)C1C(C)C. The molecule has 8 nitrogen and oxygen atoms in total. The number of nitrogens with one attached hydrogen (secondary N) is 1. The highest BCUT2D eigenvalue weighted by molar-refractivity contribution is 6.08. The average Bonchev–Trinajstić information content (AvgIpc) is 3.35. The lowest BCUT2D eigenvalue weighted by Gasteiger charge is -2.30. The molecule has 1 N–H and O–H groups in total. The van der Waals surface area contributed by atoms with Gasteiger partial charge in [-0.05, 0) is 37.3 Å². The van der Waals surface area contributed by atoms with Crippen LogP contribution in [0.3, 0.4) is 0 Å². The van der Waals surface area contributed by atoms with E-state index >= 15 is 0 Å². The molecule has 1 aromatic carbocycles. The highest BCUT2D eigenvalue weighted by Gasteiger charge is 2.41. The molecule has 1 amide bonds. The maximum atomic E-state index is 12.4. The van der Waals surface area contributed by atoms with E-state index in [-0.39, 0.29) is 17.9 Å². The number of benzene rings is 1. The first-order valence-corrected chi connectivity index (χ1v) is 10.5. The Labute approximate surface area is 176 Å². The van der Waals surface area contributed by atoms with Crippen LogP contribution in [0, 0.1) is 5.92 Å². The molecule has 0 saturated carbocycles. The van der Waals surface area contributed by atoms with E-state index in [4.69, 9.17) is 9.47 Å². The molecule has 1 fully saturated rings. The molecule has 1 atom stereocenters. The van der Waals surface area contributed by atoms with Gasteiger partial charge >= 0.3 is 0 Å². The Morgan fingerprint density at radius 2 is 2.13 bits per heavy atom. The van der Waals surface area contributed by atoms with E-state index in [1.54, 1.807) is 13.3 Å². The van der Waals surface area contributed by atoms with Gasteiger partial charge in [0.2, 0.25) is 11.9 Å².